The number of benzene rings is 2. The normalized spacial score (nSPS) is 15.1. The van der Waals surface area contributed by atoms with Crippen LogP contribution in [0.1, 0.15) is 28.0 Å². The Bertz CT molecular complexity index is 1640. The third-order valence-corrected chi connectivity index (χ3v) is 8.35. The van der Waals surface area contributed by atoms with Crippen LogP contribution < -0.4 is 20.3 Å². The van der Waals surface area contributed by atoms with E-state index in [9.17, 15) is 4.79 Å². The van der Waals surface area contributed by atoms with E-state index in [1.807, 2.05) is 42.6 Å². The summed E-state index contributed by atoms with van der Waals surface area (Å²) in [6.45, 7) is 1.16. The maximum atomic E-state index is 13.7. The monoisotopic (exact) mass is 512 g/mol. The maximum Gasteiger partial charge on any atom is 0.262 e. The Morgan fingerprint density at radius 3 is 2.78 bits per heavy atom. The van der Waals surface area contributed by atoms with Crippen LogP contribution >= 0.6 is 11.3 Å². The summed E-state index contributed by atoms with van der Waals surface area (Å²) >= 11 is 1.65. The molecule has 0 spiro atoms. The highest BCUT2D eigenvalue weighted by Gasteiger charge is 2.25. The molecular weight excluding hydrogens is 484 g/mol. The molecule has 0 saturated carbocycles. The van der Waals surface area contributed by atoms with Gasteiger partial charge in [0, 0.05) is 35.3 Å². The number of ether oxygens (including phenoxy) is 2. The third-order valence-electron chi connectivity index (χ3n) is 7.18. The average molecular weight is 513 g/mol. The van der Waals surface area contributed by atoms with Crippen molar-refractivity contribution in [3.63, 3.8) is 0 Å². The highest BCUT2D eigenvalue weighted by atomic mass is 32.1. The van der Waals surface area contributed by atoms with E-state index in [4.69, 9.17) is 14.5 Å². The van der Waals surface area contributed by atoms with Gasteiger partial charge in [-0.2, -0.15) is 0 Å². The van der Waals surface area contributed by atoms with Crippen molar-refractivity contribution in [2.45, 2.75) is 38.4 Å². The van der Waals surface area contributed by atoms with Gasteiger partial charge in [-0.25, -0.2) is 9.97 Å². The smallest absolute Gasteiger partial charge is 0.262 e. The molecule has 0 amide bonds. The topological polar surface area (TPSA) is 78.3 Å². The van der Waals surface area contributed by atoms with E-state index in [1.54, 1.807) is 36.5 Å². The zero-order valence-electron chi connectivity index (χ0n) is 20.9. The molecule has 6 rings (SSSR count). The number of nitrogens with one attached hydrogen (secondary N) is 1. The molecule has 1 N–H and O–H groups in total. The Morgan fingerprint density at radius 2 is 1.97 bits per heavy atom. The minimum Gasteiger partial charge on any atom is -0.496 e. The summed E-state index contributed by atoms with van der Waals surface area (Å²) in [5, 5.41) is 6.64. The first-order chi connectivity index (χ1) is 18.1. The number of methoxy groups -OCH3 is 2. The summed E-state index contributed by atoms with van der Waals surface area (Å²) in [4.78, 5) is 24.8. The summed E-state index contributed by atoms with van der Waals surface area (Å²) in [5.41, 5.74) is 3.30. The predicted molar refractivity (Wildman–Crippen MR) is 147 cm³/mol. The van der Waals surface area contributed by atoms with Crippen molar-refractivity contribution in [2.24, 2.45) is 0 Å². The van der Waals surface area contributed by atoms with Crippen molar-refractivity contribution >= 4 is 32.3 Å². The second-order valence-electron chi connectivity index (χ2n) is 9.36. The number of rotatable bonds is 7. The molecule has 2 aromatic carbocycles. The van der Waals surface area contributed by atoms with Gasteiger partial charge in [-0.15, -0.1) is 11.3 Å². The molecule has 1 aliphatic carbocycles. The van der Waals surface area contributed by atoms with E-state index in [1.165, 1.54) is 10.4 Å². The minimum atomic E-state index is 0.0215. The van der Waals surface area contributed by atoms with Gasteiger partial charge in [-0.05, 0) is 47.2 Å². The number of nitrogens with zero attached hydrogens (tertiary/aromatic N) is 3. The molecule has 0 radical (unpaired) electrons. The van der Waals surface area contributed by atoms with Crippen molar-refractivity contribution in [3.05, 3.63) is 93.0 Å². The van der Waals surface area contributed by atoms with E-state index in [0.29, 0.717) is 18.5 Å². The van der Waals surface area contributed by atoms with Crippen molar-refractivity contribution in [1.82, 2.24) is 19.9 Å². The molecule has 5 aromatic rings. The maximum absolute atomic E-state index is 13.7. The number of hydrogen-bond donors (Lipinski definition) is 1. The lowest BCUT2D eigenvalue weighted by Gasteiger charge is -2.23. The lowest BCUT2D eigenvalue weighted by atomic mass is 9.93. The largest absolute Gasteiger partial charge is 0.496 e. The predicted octanol–water partition coefficient (Wildman–Crippen LogP) is 4.72. The van der Waals surface area contributed by atoms with Gasteiger partial charge in [0.05, 0.1) is 32.5 Å². The standard InChI is InChI=1S/C29H28N4O3S/c1-35-24-11-8-19-5-3-4-6-21(19)23(24)16-33-17-32-28-27(29(33)34)22-10-9-20(13-25(22)37-28)30-14-18-7-12-26(36-2)31-15-18/h3-8,11-12,15,17,20,30H,9-10,13-14,16H2,1-2H3. The number of fused-ring (bicyclic) bond motifs is 4. The van der Waals surface area contributed by atoms with Gasteiger partial charge >= 0.3 is 0 Å². The van der Waals surface area contributed by atoms with E-state index >= 15 is 0 Å². The van der Waals surface area contributed by atoms with Crippen molar-refractivity contribution in [2.75, 3.05) is 14.2 Å². The SMILES string of the molecule is COc1ccc(CNC2CCc3c(sc4ncn(Cc5c(OC)ccc6ccccc56)c(=O)c34)C2)cn1. The van der Waals surface area contributed by atoms with Gasteiger partial charge in [0.2, 0.25) is 5.88 Å². The third kappa shape index (κ3) is 4.47. The van der Waals surface area contributed by atoms with Crippen molar-refractivity contribution in [1.29, 1.82) is 0 Å². The summed E-state index contributed by atoms with van der Waals surface area (Å²) < 4.78 is 12.5. The van der Waals surface area contributed by atoms with Crippen LogP contribution in [-0.2, 0) is 25.9 Å². The van der Waals surface area contributed by atoms with Gasteiger partial charge in [0.15, 0.2) is 0 Å². The number of aromatic nitrogens is 3. The van der Waals surface area contributed by atoms with Crippen LogP contribution in [0.3, 0.4) is 0 Å². The first kappa shape index (κ1) is 23.6. The molecule has 37 heavy (non-hydrogen) atoms. The van der Waals surface area contributed by atoms with Crippen molar-refractivity contribution < 1.29 is 9.47 Å². The van der Waals surface area contributed by atoms with Crippen LogP contribution in [0.5, 0.6) is 11.6 Å². The second-order valence-corrected chi connectivity index (χ2v) is 10.4. The molecule has 0 fully saturated rings. The van der Waals surface area contributed by atoms with Crippen LogP contribution in [0.4, 0.5) is 0 Å². The lowest BCUT2D eigenvalue weighted by Crippen LogP contribution is -2.33. The fourth-order valence-corrected chi connectivity index (χ4v) is 6.48. The zero-order valence-corrected chi connectivity index (χ0v) is 21.7. The molecule has 3 heterocycles. The molecule has 1 unspecified atom stereocenters. The minimum absolute atomic E-state index is 0.0215. The van der Waals surface area contributed by atoms with Gasteiger partial charge in [0.1, 0.15) is 10.6 Å². The highest BCUT2D eigenvalue weighted by Crippen LogP contribution is 2.34. The molecule has 0 saturated heterocycles. The summed E-state index contributed by atoms with van der Waals surface area (Å²) in [5.74, 6) is 1.40. The van der Waals surface area contributed by atoms with Gasteiger partial charge in [-0.3, -0.25) is 9.36 Å². The number of pyridine rings is 1. The van der Waals surface area contributed by atoms with Gasteiger partial charge in [0.25, 0.3) is 5.56 Å². The lowest BCUT2D eigenvalue weighted by molar-refractivity contribution is 0.397. The Hall–Kier alpha value is -3.75. The van der Waals surface area contributed by atoms with E-state index < -0.39 is 0 Å². The van der Waals surface area contributed by atoms with Gasteiger partial charge < -0.3 is 14.8 Å². The first-order valence-corrected chi connectivity index (χ1v) is 13.2. The fourth-order valence-electron chi connectivity index (χ4n) is 5.23. The quantitative estimate of drug-likeness (QED) is 0.340. The fraction of sp³-hybridized carbons (Fsp3) is 0.276. The molecule has 3 aromatic heterocycles. The molecule has 7 nitrogen and oxygen atoms in total. The summed E-state index contributed by atoms with van der Waals surface area (Å²) in [7, 11) is 3.29. The van der Waals surface area contributed by atoms with Crippen LogP contribution in [-0.4, -0.2) is 34.8 Å². The number of aryl methyl sites for hydroxylation is 1. The molecule has 0 bridgehead atoms. The summed E-state index contributed by atoms with van der Waals surface area (Å²) in [6.07, 6.45) is 6.27. The van der Waals surface area contributed by atoms with Crippen LogP contribution in [0.15, 0.2) is 65.8 Å². The van der Waals surface area contributed by atoms with Crippen LogP contribution in [0, 0.1) is 0 Å². The Balaban J connectivity index is 1.26. The Labute approximate surface area is 218 Å². The average Bonchev–Trinajstić information content (AvgIpc) is 3.32. The molecule has 0 aliphatic heterocycles. The second kappa shape index (κ2) is 9.95. The molecular formula is C29H28N4O3S. The first-order valence-electron chi connectivity index (χ1n) is 12.4. The zero-order chi connectivity index (χ0) is 25.4. The van der Waals surface area contributed by atoms with Gasteiger partial charge in [-0.1, -0.05) is 36.4 Å². The van der Waals surface area contributed by atoms with E-state index in [2.05, 4.69) is 22.4 Å². The Kier molecular flexibility index (Phi) is 6.36. The van der Waals surface area contributed by atoms with Crippen LogP contribution in [0.25, 0.3) is 21.0 Å². The number of thiophene rings is 1. The molecule has 1 atom stereocenters. The number of hydrogen-bond acceptors (Lipinski definition) is 7. The van der Waals surface area contributed by atoms with Crippen molar-refractivity contribution in [3.8, 4) is 11.6 Å². The van der Waals surface area contributed by atoms with E-state index in [0.717, 1.165) is 63.7 Å². The molecule has 188 valence electrons. The Morgan fingerprint density at radius 1 is 1.08 bits per heavy atom. The summed E-state index contributed by atoms with van der Waals surface area (Å²) in [6, 6.07) is 16.5. The molecule has 1 aliphatic rings. The van der Waals surface area contributed by atoms with Crippen LogP contribution in [0.2, 0.25) is 0 Å². The molecule has 8 heteroatoms. The van der Waals surface area contributed by atoms with E-state index in [-0.39, 0.29) is 5.56 Å². The highest BCUT2D eigenvalue weighted by molar-refractivity contribution is 7.18.